The highest BCUT2D eigenvalue weighted by atomic mass is 19.4. The maximum Gasteiger partial charge on any atom is 0.408 e. The number of hydrogen-bond donors (Lipinski definition) is 0. The minimum absolute atomic E-state index is 0.153. The molecule has 33 heavy (non-hydrogen) atoms. The lowest BCUT2D eigenvalue weighted by atomic mass is 10.00. The quantitative estimate of drug-likeness (QED) is 0.555. The molecule has 2 aliphatic rings. The Morgan fingerprint density at radius 3 is 2.61 bits per heavy atom. The summed E-state index contributed by atoms with van der Waals surface area (Å²) in [5.74, 6) is 0.788. The molecule has 0 N–H and O–H groups in total. The van der Waals surface area contributed by atoms with E-state index in [1.165, 1.54) is 31.5 Å². The molecule has 1 aliphatic carbocycles. The fourth-order valence-corrected chi connectivity index (χ4v) is 4.04. The number of fused-ring (bicyclic) bond motifs is 1. The second-order valence-electron chi connectivity index (χ2n) is 8.03. The van der Waals surface area contributed by atoms with Crippen LogP contribution in [0.2, 0.25) is 0 Å². The number of anilines is 1. The van der Waals surface area contributed by atoms with Gasteiger partial charge in [-0.1, -0.05) is 0 Å². The Morgan fingerprint density at radius 2 is 1.94 bits per heavy atom. The van der Waals surface area contributed by atoms with Crippen molar-refractivity contribution in [3.05, 3.63) is 47.5 Å². The van der Waals surface area contributed by atoms with Gasteiger partial charge in [0.1, 0.15) is 6.54 Å². The Labute approximate surface area is 187 Å². The van der Waals surface area contributed by atoms with E-state index in [1.807, 2.05) is 6.07 Å². The average molecular weight is 459 g/mol. The van der Waals surface area contributed by atoms with Crippen LogP contribution in [0.15, 0.2) is 30.7 Å². The van der Waals surface area contributed by atoms with Crippen LogP contribution in [-0.4, -0.2) is 46.1 Å². The summed E-state index contributed by atoms with van der Waals surface area (Å²) in [5, 5.41) is 3.76. The molecular weight excluding hydrogens is 439 g/mol. The number of methoxy groups -OCH3 is 2. The summed E-state index contributed by atoms with van der Waals surface area (Å²) in [6.07, 6.45) is 1.67. The predicted octanol–water partition coefficient (Wildman–Crippen LogP) is 3.96. The van der Waals surface area contributed by atoms with E-state index in [2.05, 4.69) is 10.1 Å². The second kappa shape index (κ2) is 7.75. The van der Waals surface area contributed by atoms with Crippen molar-refractivity contribution < 1.29 is 27.4 Å². The highest BCUT2D eigenvalue weighted by Crippen LogP contribution is 2.45. The first-order valence-electron chi connectivity index (χ1n) is 10.3. The third-order valence-electron chi connectivity index (χ3n) is 5.71. The number of amides is 1. The minimum atomic E-state index is -4.40. The fourth-order valence-electron chi connectivity index (χ4n) is 4.04. The number of rotatable bonds is 6. The van der Waals surface area contributed by atoms with Crippen LogP contribution in [0.1, 0.15) is 40.4 Å². The van der Waals surface area contributed by atoms with Crippen LogP contribution in [0.3, 0.4) is 0 Å². The first-order chi connectivity index (χ1) is 15.8. The molecule has 0 spiro atoms. The van der Waals surface area contributed by atoms with Gasteiger partial charge in [-0.05, 0) is 36.5 Å². The van der Waals surface area contributed by atoms with E-state index < -0.39 is 12.7 Å². The van der Waals surface area contributed by atoms with Gasteiger partial charge in [0.25, 0.3) is 11.8 Å². The Bertz CT molecular complexity index is 1240. The Kier molecular flexibility index (Phi) is 4.98. The molecule has 5 rings (SSSR count). The largest absolute Gasteiger partial charge is 0.491 e. The van der Waals surface area contributed by atoms with Crippen LogP contribution < -0.4 is 14.4 Å². The van der Waals surface area contributed by atoms with Crippen molar-refractivity contribution >= 4 is 11.6 Å². The van der Waals surface area contributed by atoms with Crippen molar-refractivity contribution in [2.24, 2.45) is 0 Å². The lowest BCUT2D eigenvalue weighted by Gasteiger charge is -2.12. The van der Waals surface area contributed by atoms with Gasteiger partial charge in [0.15, 0.2) is 5.75 Å². The molecule has 0 aromatic carbocycles. The monoisotopic (exact) mass is 459 g/mol. The van der Waals surface area contributed by atoms with Crippen molar-refractivity contribution in [2.45, 2.75) is 38.0 Å². The number of aromatic nitrogens is 4. The molecule has 3 aromatic heterocycles. The van der Waals surface area contributed by atoms with Gasteiger partial charge in [0.05, 0.1) is 49.6 Å². The topological polar surface area (TPSA) is 82.4 Å². The Balaban J connectivity index is 1.51. The molecular formula is C22H20F3N5O3. The fraction of sp³-hybridized carbons (Fsp3) is 0.364. The van der Waals surface area contributed by atoms with E-state index in [1.54, 1.807) is 12.3 Å². The SMILES string of the molecule is COc1cc(-c2cc(C3CC3)c3c(n2)CN(c2cnn(CC(F)(F)F)c2)C3=O)cnc1OC. The van der Waals surface area contributed by atoms with Crippen LogP contribution in [-0.2, 0) is 13.1 Å². The van der Waals surface area contributed by atoms with Gasteiger partial charge >= 0.3 is 6.18 Å². The maximum absolute atomic E-state index is 13.3. The third kappa shape index (κ3) is 3.98. The van der Waals surface area contributed by atoms with E-state index in [-0.39, 0.29) is 18.4 Å². The molecule has 1 fully saturated rings. The van der Waals surface area contributed by atoms with Crippen LogP contribution in [0, 0.1) is 0 Å². The number of carbonyl (C=O) groups is 1. The average Bonchev–Trinajstić information content (AvgIpc) is 3.45. The summed E-state index contributed by atoms with van der Waals surface area (Å²) in [6, 6.07) is 3.67. The van der Waals surface area contributed by atoms with Crippen molar-refractivity contribution in [1.29, 1.82) is 0 Å². The van der Waals surface area contributed by atoms with Gasteiger partial charge in [0.2, 0.25) is 0 Å². The highest BCUT2D eigenvalue weighted by molar-refractivity contribution is 6.11. The number of halogens is 3. The smallest absolute Gasteiger partial charge is 0.408 e. The van der Waals surface area contributed by atoms with Crippen LogP contribution in [0.4, 0.5) is 18.9 Å². The number of carbonyl (C=O) groups excluding carboxylic acids is 1. The van der Waals surface area contributed by atoms with Gasteiger partial charge in [0, 0.05) is 18.0 Å². The summed E-state index contributed by atoms with van der Waals surface area (Å²) >= 11 is 0. The summed E-state index contributed by atoms with van der Waals surface area (Å²) in [6.45, 7) is -1.07. The summed E-state index contributed by atoms with van der Waals surface area (Å²) in [4.78, 5) is 23.7. The van der Waals surface area contributed by atoms with E-state index in [0.29, 0.717) is 39.8 Å². The zero-order valence-electron chi connectivity index (χ0n) is 17.9. The van der Waals surface area contributed by atoms with Crippen molar-refractivity contribution in [1.82, 2.24) is 19.7 Å². The molecule has 0 saturated heterocycles. The van der Waals surface area contributed by atoms with E-state index in [0.717, 1.165) is 23.1 Å². The number of nitrogens with zero attached hydrogens (tertiary/aromatic N) is 5. The second-order valence-corrected chi connectivity index (χ2v) is 8.03. The van der Waals surface area contributed by atoms with E-state index in [4.69, 9.17) is 14.5 Å². The lowest BCUT2D eigenvalue weighted by Crippen LogP contribution is -2.23. The van der Waals surface area contributed by atoms with Crippen LogP contribution in [0.25, 0.3) is 11.3 Å². The van der Waals surface area contributed by atoms with Crippen molar-refractivity contribution in [3.63, 3.8) is 0 Å². The molecule has 0 bridgehead atoms. The summed E-state index contributed by atoms with van der Waals surface area (Å²) in [5.41, 5.74) is 3.67. The molecule has 11 heteroatoms. The van der Waals surface area contributed by atoms with Crippen molar-refractivity contribution in [2.75, 3.05) is 19.1 Å². The van der Waals surface area contributed by atoms with Crippen LogP contribution >= 0.6 is 0 Å². The minimum Gasteiger partial charge on any atom is -0.491 e. The third-order valence-corrected chi connectivity index (χ3v) is 5.71. The predicted molar refractivity (Wildman–Crippen MR) is 111 cm³/mol. The van der Waals surface area contributed by atoms with E-state index in [9.17, 15) is 18.0 Å². The molecule has 3 aromatic rings. The molecule has 0 radical (unpaired) electrons. The van der Waals surface area contributed by atoms with Gasteiger partial charge in [-0.25, -0.2) is 4.98 Å². The van der Waals surface area contributed by atoms with Gasteiger partial charge < -0.3 is 9.47 Å². The maximum atomic E-state index is 13.3. The number of hydrogen-bond acceptors (Lipinski definition) is 6. The zero-order valence-corrected chi connectivity index (χ0v) is 17.9. The van der Waals surface area contributed by atoms with Crippen LogP contribution in [0.5, 0.6) is 11.6 Å². The molecule has 1 amide bonds. The number of alkyl halides is 3. The summed E-state index contributed by atoms with van der Waals surface area (Å²) < 4.78 is 49.4. The van der Waals surface area contributed by atoms with Gasteiger partial charge in [-0.15, -0.1) is 0 Å². The van der Waals surface area contributed by atoms with Gasteiger partial charge in [-0.2, -0.15) is 18.3 Å². The molecule has 0 unspecified atom stereocenters. The first-order valence-corrected chi connectivity index (χ1v) is 10.3. The Hall–Kier alpha value is -3.63. The first kappa shape index (κ1) is 21.2. The molecule has 8 nitrogen and oxygen atoms in total. The lowest BCUT2D eigenvalue weighted by molar-refractivity contribution is -0.142. The molecule has 1 saturated carbocycles. The van der Waals surface area contributed by atoms with Crippen molar-refractivity contribution in [3.8, 4) is 22.9 Å². The number of pyridine rings is 2. The normalized spacial score (nSPS) is 15.7. The molecule has 172 valence electrons. The molecule has 4 heterocycles. The zero-order chi connectivity index (χ0) is 23.3. The van der Waals surface area contributed by atoms with E-state index >= 15 is 0 Å². The molecule has 1 aliphatic heterocycles. The standard InChI is InChI=1S/C22H20F3N5O3/c1-32-18-5-13(7-26-20(18)33-2)16-6-15(12-3-4-12)19-17(28-16)10-30(21(19)31)14-8-27-29(9-14)11-22(23,24)25/h5-9,12H,3-4,10-11H2,1-2H3. The Morgan fingerprint density at radius 1 is 1.15 bits per heavy atom. The summed E-state index contributed by atoms with van der Waals surface area (Å²) in [7, 11) is 3.02. The highest BCUT2D eigenvalue weighted by Gasteiger charge is 2.38. The number of ether oxygens (including phenoxy) is 2. The van der Waals surface area contributed by atoms with Gasteiger partial charge in [-0.3, -0.25) is 19.4 Å². The molecule has 0 atom stereocenters.